The number of amidine groups is 2. The number of rotatable bonds is 11. The molecule has 0 radical (unpaired) electrons. The van der Waals surface area contributed by atoms with Crippen LogP contribution >= 0.6 is 11.5 Å². The van der Waals surface area contributed by atoms with E-state index < -0.39 is 11.6 Å². The highest BCUT2D eigenvalue weighted by molar-refractivity contribution is 7.10. The average Bonchev–Trinajstić information content (AvgIpc) is 3.77. The summed E-state index contributed by atoms with van der Waals surface area (Å²) in [6.07, 6.45) is 5.72. The molecule has 1 unspecified atom stereocenters. The SMILES string of the molecule is CCOCCN(Cc1cc(NC2=NC(C)=CN3C2=NCC3c2cnn(Cc3nc4c(F)c(F)ccc4[nH]3)c2)sn1)C(C)C. The number of aromatic amines is 1. The number of anilines is 1. The summed E-state index contributed by atoms with van der Waals surface area (Å²) in [6.45, 7) is 12.1. The number of ether oxygens (including phenoxy) is 1. The molecular weight excluding hydrogens is 574 g/mol. The quantitative estimate of drug-likeness (QED) is 0.232. The molecule has 3 aromatic heterocycles. The highest BCUT2D eigenvalue weighted by atomic mass is 32.1. The number of imidazole rings is 1. The van der Waals surface area contributed by atoms with Crippen molar-refractivity contribution in [2.75, 3.05) is 31.6 Å². The fraction of sp³-hybridized carbons (Fsp3) is 0.414. The average molecular weight is 609 g/mol. The second kappa shape index (κ2) is 12.3. The molecule has 0 bridgehead atoms. The van der Waals surface area contributed by atoms with Crippen molar-refractivity contribution in [3.63, 3.8) is 0 Å². The number of hydrogen-bond donors (Lipinski definition) is 2. The first-order valence-corrected chi connectivity index (χ1v) is 15.1. The highest BCUT2D eigenvalue weighted by Gasteiger charge is 2.34. The summed E-state index contributed by atoms with van der Waals surface area (Å²) in [5.41, 5.74) is 3.24. The summed E-state index contributed by atoms with van der Waals surface area (Å²) in [5.74, 6) is 0.0414. The number of aromatic nitrogens is 5. The van der Waals surface area contributed by atoms with Crippen LogP contribution in [-0.2, 0) is 17.8 Å². The number of nitrogens with zero attached hydrogens (tertiary/aromatic N) is 8. The Kier molecular flexibility index (Phi) is 8.32. The Bertz CT molecular complexity index is 1700. The summed E-state index contributed by atoms with van der Waals surface area (Å²) in [6, 6.07) is 4.95. The first-order chi connectivity index (χ1) is 20.8. The Balaban J connectivity index is 1.12. The van der Waals surface area contributed by atoms with E-state index in [0.717, 1.165) is 46.9 Å². The molecule has 0 spiro atoms. The van der Waals surface area contributed by atoms with Crippen LogP contribution in [-0.4, -0.2) is 77.9 Å². The van der Waals surface area contributed by atoms with E-state index in [1.165, 1.54) is 17.6 Å². The van der Waals surface area contributed by atoms with Gasteiger partial charge in [-0.1, -0.05) is 0 Å². The molecule has 0 fully saturated rings. The van der Waals surface area contributed by atoms with Crippen LogP contribution in [0.4, 0.5) is 13.8 Å². The monoisotopic (exact) mass is 608 g/mol. The molecule has 5 heterocycles. The second-order valence-electron chi connectivity index (χ2n) is 10.8. The maximum Gasteiger partial charge on any atom is 0.186 e. The molecule has 1 atom stereocenters. The Morgan fingerprint density at radius 2 is 2.14 bits per heavy atom. The number of H-pyrrole nitrogens is 1. The van der Waals surface area contributed by atoms with Crippen LogP contribution in [0.3, 0.4) is 0 Å². The van der Waals surface area contributed by atoms with Crippen LogP contribution < -0.4 is 5.32 Å². The maximum absolute atomic E-state index is 14.1. The molecule has 14 heteroatoms. The van der Waals surface area contributed by atoms with Gasteiger partial charge < -0.3 is 19.9 Å². The number of benzene rings is 1. The molecule has 226 valence electrons. The van der Waals surface area contributed by atoms with Crippen molar-refractivity contribution >= 4 is 39.2 Å². The minimum Gasteiger partial charge on any atom is -0.380 e. The standard InChI is InChI=1S/C29H34F2N10OS/c1-5-42-9-8-39(17(2)3)15-20-10-25(43-38-20)37-28-29-32-12-23(41(29)13-18(4)34-28)19-11-33-40(14-19)16-24-35-22-7-6-21(30)26(31)27(22)36-24/h6-7,10-11,13-14,17,23H,5,8-9,12,15-16H2,1-4H3,(H,34,37)(H,35,36). The Labute approximate surface area is 252 Å². The van der Waals surface area contributed by atoms with Crippen LogP contribution in [0.25, 0.3) is 11.0 Å². The van der Waals surface area contributed by atoms with E-state index in [-0.39, 0.29) is 18.1 Å². The molecule has 4 aromatic rings. The Morgan fingerprint density at radius 1 is 1.28 bits per heavy atom. The largest absolute Gasteiger partial charge is 0.380 e. The van der Waals surface area contributed by atoms with Gasteiger partial charge in [0.25, 0.3) is 0 Å². The predicted molar refractivity (Wildman–Crippen MR) is 163 cm³/mol. The zero-order valence-electron chi connectivity index (χ0n) is 24.5. The minimum atomic E-state index is -0.959. The topological polar surface area (TPSA) is 112 Å². The molecule has 0 saturated heterocycles. The van der Waals surface area contributed by atoms with Gasteiger partial charge in [0.1, 0.15) is 16.3 Å². The molecule has 0 aliphatic carbocycles. The summed E-state index contributed by atoms with van der Waals surface area (Å²) in [7, 11) is 0. The normalized spacial score (nSPS) is 16.7. The molecule has 6 rings (SSSR count). The first-order valence-electron chi connectivity index (χ1n) is 14.3. The molecule has 2 N–H and O–H groups in total. The van der Waals surface area contributed by atoms with Gasteiger partial charge >= 0.3 is 0 Å². The van der Waals surface area contributed by atoms with Gasteiger partial charge in [-0.25, -0.2) is 18.8 Å². The van der Waals surface area contributed by atoms with Crippen LogP contribution in [0, 0.1) is 11.6 Å². The number of allylic oxidation sites excluding steroid dienone is 1. The van der Waals surface area contributed by atoms with Crippen LogP contribution in [0.1, 0.15) is 50.8 Å². The lowest BCUT2D eigenvalue weighted by atomic mass is 10.1. The molecule has 0 saturated carbocycles. The van der Waals surface area contributed by atoms with Crippen LogP contribution in [0.15, 0.2) is 52.5 Å². The third-order valence-electron chi connectivity index (χ3n) is 7.39. The van der Waals surface area contributed by atoms with Crippen molar-refractivity contribution in [1.82, 2.24) is 33.9 Å². The van der Waals surface area contributed by atoms with E-state index in [0.29, 0.717) is 43.0 Å². The highest BCUT2D eigenvalue weighted by Crippen LogP contribution is 2.31. The molecule has 0 amide bonds. The van der Waals surface area contributed by atoms with Gasteiger partial charge in [-0.2, -0.15) is 9.47 Å². The summed E-state index contributed by atoms with van der Waals surface area (Å²) in [4.78, 5) is 21.3. The lowest BCUT2D eigenvalue weighted by Crippen LogP contribution is -2.37. The van der Waals surface area contributed by atoms with E-state index >= 15 is 0 Å². The van der Waals surface area contributed by atoms with Gasteiger partial charge in [0.15, 0.2) is 23.3 Å². The van der Waals surface area contributed by atoms with Gasteiger partial charge in [-0.15, -0.1) is 0 Å². The number of hydrogen-bond acceptors (Lipinski definition) is 10. The van der Waals surface area contributed by atoms with E-state index in [4.69, 9.17) is 14.7 Å². The van der Waals surface area contributed by atoms with Gasteiger partial charge in [0.2, 0.25) is 0 Å². The van der Waals surface area contributed by atoms with Gasteiger partial charge in [0, 0.05) is 43.7 Å². The van der Waals surface area contributed by atoms with Crippen molar-refractivity contribution in [3.05, 3.63) is 71.2 Å². The predicted octanol–water partition coefficient (Wildman–Crippen LogP) is 4.93. The van der Waals surface area contributed by atoms with Gasteiger partial charge in [-0.3, -0.25) is 14.6 Å². The summed E-state index contributed by atoms with van der Waals surface area (Å²) >= 11 is 1.41. The summed E-state index contributed by atoms with van der Waals surface area (Å²) < 4.78 is 39.7. The zero-order chi connectivity index (χ0) is 30.1. The first kappa shape index (κ1) is 29.1. The van der Waals surface area contributed by atoms with E-state index in [1.54, 1.807) is 10.9 Å². The molecule has 2 aliphatic rings. The summed E-state index contributed by atoms with van der Waals surface area (Å²) in [5, 5.41) is 8.85. The number of aliphatic imine (C=N–C) groups is 2. The third-order valence-corrected chi connectivity index (χ3v) is 8.13. The molecule has 1 aromatic carbocycles. The Hall–Kier alpha value is -4.01. The number of halogens is 2. The Morgan fingerprint density at radius 3 is 2.95 bits per heavy atom. The van der Waals surface area contributed by atoms with Crippen molar-refractivity contribution in [2.24, 2.45) is 9.98 Å². The van der Waals surface area contributed by atoms with Crippen LogP contribution in [0.5, 0.6) is 0 Å². The van der Waals surface area contributed by atoms with Crippen molar-refractivity contribution in [3.8, 4) is 0 Å². The molecular formula is C29H34F2N10OS. The van der Waals surface area contributed by atoms with E-state index in [9.17, 15) is 8.78 Å². The van der Waals surface area contributed by atoms with Crippen LogP contribution in [0.2, 0.25) is 0 Å². The molecule has 2 aliphatic heterocycles. The third kappa shape index (κ3) is 6.21. The smallest absolute Gasteiger partial charge is 0.186 e. The second-order valence-corrected chi connectivity index (χ2v) is 11.6. The fourth-order valence-corrected chi connectivity index (χ4v) is 5.85. The van der Waals surface area contributed by atoms with Crippen molar-refractivity contribution in [1.29, 1.82) is 0 Å². The maximum atomic E-state index is 14.1. The molecule has 43 heavy (non-hydrogen) atoms. The van der Waals surface area contributed by atoms with Crippen molar-refractivity contribution in [2.45, 2.75) is 52.9 Å². The van der Waals surface area contributed by atoms with Crippen molar-refractivity contribution < 1.29 is 13.5 Å². The van der Waals surface area contributed by atoms with E-state index in [2.05, 4.69) is 54.5 Å². The number of nitrogens with one attached hydrogen (secondary N) is 2. The molecule has 11 nitrogen and oxygen atoms in total. The zero-order valence-corrected chi connectivity index (χ0v) is 25.3. The fourth-order valence-electron chi connectivity index (χ4n) is 5.20. The van der Waals surface area contributed by atoms with Gasteiger partial charge in [0.05, 0.1) is 48.8 Å². The minimum absolute atomic E-state index is 0.0173. The van der Waals surface area contributed by atoms with Gasteiger partial charge in [-0.05, 0) is 57.4 Å². The lowest BCUT2D eigenvalue weighted by molar-refractivity contribution is 0.0968. The lowest BCUT2D eigenvalue weighted by Gasteiger charge is -2.27. The number of fused-ring (bicyclic) bond motifs is 2. The van der Waals surface area contributed by atoms with E-state index in [1.807, 2.05) is 26.2 Å².